The minimum absolute atomic E-state index is 0. The Labute approximate surface area is 137 Å². The lowest BCUT2D eigenvalue weighted by Crippen LogP contribution is -1.96. The molecule has 22 heavy (non-hydrogen) atoms. The number of nitrogens with zero attached hydrogens (tertiary/aromatic N) is 1. The Hall–Kier alpha value is -1.81. The topological polar surface area (TPSA) is 47.0 Å². The monoisotopic (exact) mass is 317 g/mol. The lowest BCUT2D eigenvalue weighted by atomic mass is 9.99. The van der Waals surface area contributed by atoms with Crippen LogP contribution in [0.15, 0.2) is 24.3 Å². The standard InChI is InChI=1S/C16H15NO2S.C2H6.H2/c1-9(18)12-4-3-5-13(8-12)15-14(11-6-7-11)16(10(2)19)20-17-15;1-2;/h3-5,8,11H,6-7H2,1-2H3;1-2H3;1H. The lowest BCUT2D eigenvalue weighted by Gasteiger charge is -2.04. The van der Waals surface area contributed by atoms with Crippen LogP contribution in [0.25, 0.3) is 11.3 Å². The maximum Gasteiger partial charge on any atom is 0.171 e. The van der Waals surface area contributed by atoms with Gasteiger partial charge in [-0.25, -0.2) is 0 Å². The largest absolute Gasteiger partial charge is 0.295 e. The van der Waals surface area contributed by atoms with Gasteiger partial charge in [-0.15, -0.1) is 0 Å². The van der Waals surface area contributed by atoms with Crippen molar-refractivity contribution in [1.82, 2.24) is 4.37 Å². The third kappa shape index (κ3) is 3.33. The van der Waals surface area contributed by atoms with Crippen LogP contribution in [0.2, 0.25) is 0 Å². The summed E-state index contributed by atoms with van der Waals surface area (Å²) in [5, 5.41) is 0. The average molecular weight is 317 g/mol. The van der Waals surface area contributed by atoms with Crippen molar-refractivity contribution < 1.29 is 11.0 Å². The molecule has 1 saturated carbocycles. The van der Waals surface area contributed by atoms with E-state index >= 15 is 0 Å². The Morgan fingerprint density at radius 2 is 1.86 bits per heavy atom. The molecule has 2 aromatic rings. The maximum absolute atomic E-state index is 11.7. The number of Topliss-reactive ketones (excluding diaryl/α,β-unsaturated/α-hetero) is 2. The van der Waals surface area contributed by atoms with Crippen LogP contribution in [0, 0.1) is 0 Å². The number of ketones is 2. The number of carbonyl (C=O) groups is 2. The van der Waals surface area contributed by atoms with E-state index < -0.39 is 0 Å². The van der Waals surface area contributed by atoms with Crippen LogP contribution in [-0.4, -0.2) is 15.9 Å². The molecule has 0 spiro atoms. The number of hydrogen-bond donors (Lipinski definition) is 0. The van der Waals surface area contributed by atoms with Crippen LogP contribution >= 0.6 is 11.5 Å². The number of aromatic nitrogens is 1. The summed E-state index contributed by atoms with van der Waals surface area (Å²) in [5.74, 6) is 0.587. The third-order valence-electron chi connectivity index (χ3n) is 3.58. The SMILES string of the molecule is CC.CC(=O)c1cccc(-c2nsc(C(C)=O)c2C2CC2)c1.[HH]. The highest BCUT2D eigenvalue weighted by Crippen LogP contribution is 2.47. The molecule has 0 atom stereocenters. The van der Waals surface area contributed by atoms with Gasteiger partial charge >= 0.3 is 0 Å². The van der Waals surface area contributed by atoms with Crippen LogP contribution in [0.3, 0.4) is 0 Å². The highest BCUT2D eigenvalue weighted by atomic mass is 32.1. The number of rotatable bonds is 4. The van der Waals surface area contributed by atoms with E-state index in [-0.39, 0.29) is 13.0 Å². The Morgan fingerprint density at radius 1 is 1.18 bits per heavy atom. The fraction of sp³-hybridized carbons (Fsp3) is 0.389. The van der Waals surface area contributed by atoms with E-state index in [2.05, 4.69) is 4.37 Å². The molecule has 0 N–H and O–H groups in total. The molecule has 1 aromatic heterocycles. The quantitative estimate of drug-likeness (QED) is 0.713. The number of carbonyl (C=O) groups excluding carboxylic acids is 2. The van der Waals surface area contributed by atoms with E-state index in [0.717, 1.165) is 34.5 Å². The summed E-state index contributed by atoms with van der Waals surface area (Å²) >= 11 is 1.28. The zero-order chi connectivity index (χ0) is 16.3. The molecule has 3 nitrogen and oxygen atoms in total. The Balaban J connectivity index is 0.000000849. The van der Waals surface area contributed by atoms with E-state index in [1.807, 2.05) is 32.0 Å². The zero-order valence-electron chi connectivity index (χ0n) is 13.5. The summed E-state index contributed by atoms with van der Waals surface area (Å²) in [4.78, 5) is 24.0. The molecule has 0 saturated heterocycles. The molecular formula is C18H23NO2S. The molecule has 1 aromatic carbocycles. The van der Waals surface area contributed by atoms with Gasteiger partial charge in [-0.3, -0.25) is 9.59 Å². The summed E-state index contributed by atoms with van der Waals surface area (Å²) in [7, 11) is 0. The van der Waals surface area contributed by atoms with Gasteiger partial charge in [-0.2, -0.15) is 4.37 Å². The van der Waals surface area contributed by atoms with Crippen molar-refractivity contribution in [2.75, 3.05) is 0 Å². The molecule has 0 unspecified atom stereocenters. The van der Waals surface area contributed by atoms with Gasteiger partial charge in [-0.05, 0) is 43.3 Å². The van der Waals surface area contributed by atoms with Crippen LogP contribution in [-0.2, 0) is 0 Å². The second kappa shape index (κ2) is 6.97. The van der Waals surface area contributed by atoms with Crippen LogP contribution in [0.4, 0.5) is 0 Å². The molecule has 118 valence electrons. The first-order valence-electron chi connectivity index (χ1n) is 7.70. The van der Waals surface area contributed by atoms with E-state index in [0.29, 0.717) is 11.5 Å². The molecule has 4 heteroatoms. The van der Waals surface area contributed by atoms with Gasteiger partial charge in [0, 0.05) is 25.0 Å². The van der Waals surface area contributed by atoms with Crippen molar-refractivity contribution in [2.45, 2.75) is 46.5 Å². The highest BCUT2D eigenvalue weighted by Gasteiger charge is 2.32. The first-order chi connectivity index (χ1) is 10.6. The lowest BCUT2D eigenvalue weighted by molar-refractivity contribution is 0.101. The molecule has 1 fully saturated rings. The predicted molar refractivity (Wildman–Crippen MR) is 93.0 cm³/mol. The Morgan fingerprint density at radius 3 is 2.41 bits per heavy atom. The average Bonchev–Trinajstić information content (AvgIpc) is 3.27. The van der Waals surface area contributed by atoms with Crippen molar-refractivity contribution in [1.29, 1.82) is 0 Å². The highest BCUT2D eigenvalue weighted by molar-refractivity contribution is 7.08. The summed E-state index contributed by atoms with van der Waals surface area (Å²) in [5.41, 5.74) is 3.58. The van der Waals surface area contributed by atoms with Crippen molar-refractivity contribution in [2.24, 2.45) is 0 Å². The van der Waals surface area contributed by atoms with Crippen LogP contribution in [0.1, 0.15) is 73.5 Å². The normalized spacial score (nSPS) is 13.3. The Kier molecular flexibility index (Phi) is 5.24. The van der Waals surface area contributed by atoms with E-state index in [4.69, 9.17) is 0 Å². The minimum atomic E-state index is 0. The smallest absolute Gasteiger partial charge is 0.171 e. The van der Waals surface area contributed by atoms with E-state index in [9.17, 15) is 9.59 Å². The predicted octanol–water partition coefficient (Wildman–Crippen LogP) is 5.36. The molecular weight excluding hydrogens is 294 g/mol. The van der Waals surface area contributed by atoms with Crippen LogP contribution in [0.5, 0.6) is 0 Å². The van der Waals surface area contributed by atoms with Gasteiger partial charge in [0.2, 0.25) is 0 Å². The summed E-state index contributed by atoms with van der Waals surface area (Å²) in [6.07, 6.45) is 2.25. The van der Waals surface area contributed by atoms with Gasteiger partial charge in [0.25, 0.3) is 0 Å². The first-order valence-corrected chi connectivity index (χ1v) is 8.47. The van der Waals surface area contributed by atoms with Gasteiger partial charge in [0.1, 0.15) is 0 Å². The second-order valence-corrected chi connectivity index (χ2v) is 6.01. The summed E-state index contributed by atoms with van der Waals surface area (Å²) in [6, 6.07) is 7.50. The number of benzene rings is 1. The fourth-order valence-electron chi connectivity index (χ4n) is 2.40. The van der Waals surface area contributed by atoms with Crippen LogP contribution < -0.4 is 0 Å². The molecule has 0 radical (unpaired) electrons. The third-order valence-corrected chi connectivity index (χ3v) is 4.54. The maximum atomic E-state index is 11.7. The van der Waals surface area contributed by atoms with Crippen molar-refractivity contribution >= 4 is 23.1 Å². The van der Waals surface area contributed by atoms with Gasteiger partial charge in [-0.1, -0.05) is 32.0 Å². The molecule has 0 amide bonds. The minimum Gasteiger partial charge on any atom is -0.295 e. The van der Waals surface area contributed by atoms with Crippen molar-refractivity contribution in [3.8, 4) is 11.3 Å². The molecule has 0 bridgehead atoms. The molecule has 3 rings (SSSR count). The zero-order valence-corrected chi connectivity index (χ0v) is 14.3. The van der Waals surface area contributed by atoms with Gasteiger partial charge < -0.3 is 0 Å². The summed E-state index contributed by atoms with van der Waals surface area (Å²) in [6.45, 7) is 7.15. The molecule has 1 aliphatic rings. The molecule has 1 aliphatic carbocycles. The van der Waals surface area contributed by atoms with E-state index in [1.54, 1.807) is 19.9 Å². The number of hydrogen-bond acceptors (Lipinski definition) is 4. The van der Waals surface area contributed by atoms with E-state index in [1.165, 1.54) is 11.5 Å². The van der Waals surface area contributed by atoms with Gasteiger partial charge in [0.05, 0.1) is 10.6 Å². The fourth-order valence-corrected chi connectivity index (χ4v) is 3.27. The van der Waals surface area contributed by atoms with Crippen molar-refractivity contribution in [3.63, 3.8) is 0 Å². The Bertz CT molecular complexity index is 705. The van der Waals surface area contributed by atoms with Crippen molar-refractivity contribution in [3.05, 3.63) is 40.3 Å². The first kappa shape index (κ1) is 16.6. The molecule has 0 aliphatic heterocycles. The van der Waals surface area contributed by atoms with Gasteiger partial charge in [0.15, 0.2) is 11.6 Å². The summed E-state index contributed by atoms with van der Waals surface area (Å²) < 4.78 is 4.48. The second-order valence-electron chi connectivity index (χ2n) is 5.24. The molecule has 1 heterocycles.